The Hall–Kier alpha value is -3.48. The smallest absolute Gasteiger partial charge is 0.232 e. The zero-order valence-electron chi connectivity index (χ0n) is 25.0. The summed E-state index contributed by atoms with van der Waals surface area (Å²) >= 11 is 0. The number of sulfone groups is 1. The van der Waals surface area contributed by atoms with Crippen molar-refractivity contribution >= 4 is 38.8 Å². The Morgan fingerprint density at radius 2 is 1.60 bits per heavy atom. The van der Waals surface area contributed by atoms with Crippen LogP contribution in [0, 0.1) is 0 Å². The van der Waals surface area contributed by atoms with Crippen LogP contribution in [0.3, 0.4) is 0 Å². The Morgan fingerprint density at radius 3 is 2.24 bits per heavy atom. The minimum Gasteiger partial charge on any atom is -0.494 e. The lowest BCUT2D eigenvalue weighted by molar-refractivity contribution is 0.106. The number of likely N-dealkylation sites (tertiary alicyclic amines) is 1. The summed E-state index contributed by atoms with van der Waals surface area (Å²) in [4.78, 5) is 20.8. The van der Waals surface area contributed by atoms with Crippen LogP contribution in [0.5, 0.6) is 5.75 Å². The van der Waals surface area contributed by atoms with Crippen LogP contribution in [0.15, 0.2) is 53.7 Å². The van der Waals surface area contributed by atoms with E-state index >= 15 is 0 Å². The second kappa shape index (κ2) is 13.2. The highest BCUT2D eigenvalue weighted by Crippen LogP contribution is 2.33. The van der Waals surface area contributed by atoms with E-state index in [-0.39, 0.29) is 10.8 Å². The molecule has 0 saturated carbocycles. The van der Waals surface area contributed by atoms with Gasteiger partial charge in [-0.05, 0) is 70.6 Å². The standard InChI is InChI=1S/C30H42N8O3S/c1-5-36-14-12-23(13-15-36)37-16-18-38(19-17-37)24-10-11-25(27(20-24)41-4)33-29-31-21-32-30(35-29)34-26-8-6-7-9-28(26)42(39,40)22(2)3/h6-11,20-23H,5,12-19H2,1-4H3,(H2,31,32,33,34,35). The highest BCUT2D eigenvalue weighted by molar-refractivity contribution is 7.92. The van der Waals surface area contributed by atoms with Crippen LogP contribution in [-0.2, 0) is 9.84 Å². The van der Waals surface area contributed by atoms with Gasteiger partial charge in [-0.15, -0.1) is 0 Å². The zero-order chi connectivity index (χ0) is 29.7. The van der Waals surface area contributed by atoms with Crippen molar-refractivity contribution in [3.8, 4) is 5.75 Å². The summed E-state index contributed by atoms with van der Waals surface area (Å²) < 4.78 is 31.4. The average Bonchev–Trinajstić information content (AvgIpc) is 3.02. The van der Waals surface area contributed by atoms with Gasteiger partial charge >= 0.3 is 0 Å². The molecule has 1 aromatic heterocycles. The molecule has 2 N–H and O–H groups in total. The second-order valence-corrected chi connectivity index (χ2v) is 13.5. The molecule has 0 atom stereocenters. The van der Waals surface area contributed by atoms with Crippen molar-refractivity contribution in [1.82, 2.24) is 24.8 Å². The number of piperidine rings is 1. The zero-order valence-corrected chi connectivity index (χ0v) is 25.8. The maximum Gasteiger partial charge on any atom is 0.232 e. The first-order valence-corrected chi connectivity index (χ1v) is 16.3. The van der Waals surface area contributed by atoms with E-state index in [1.807, 2.05) is 12.1 Å². The maximum atomic E-state index is 12.8. The van der Waals surface area contributed by atoms with Crippen LogP contribution >= 0.6 is 0 Å². The number of methoxy groups -OCH3 is 1. The molecule has 2 aromatic carbocycles. The van der Waals surface area contributed by atoms with Crippen molar-refractivity contribution in [2.75, 3.05) is 68.5 Å². The normalized spacial score (nSPS) is 17.4. The van der Waals surface area contributed by atoms with E-state index in [1.165, 1.54) is 32.3 Å². The highest BCUT2D eigenvalue weighted by atomic mass is 32.2. The summed E-state index contributed by atoms with van der Waals surface area (Å²) in [7, 11) is -1.84. The van der Waals surface area contributed by atoms with Gasteiger partial charge < -0.3 is 25.2 Å². The monoisotopic (exact) mass is 594 g/mol. The van der Waals surface area contributed by atoms with Crippen molar-refractivity contribution in [3.05, 3.63) is 48.8 Å². The first-order valence-electron chi connectivity index (χ1n) is 14.7. The van der Waals surface area contributed by atoms with E-state index in [1.54, 1.807) is 45.2 Å². The van der Waals surface area contributed by atoms with Crippen molar-refractivity contribution < 1.29 is 13.2 Å². The Balaban J connectivity index is 1.24. The van der Waals surface area contributed by atoms with Crippen LogP contribution < -0.4 is 20.3 Å². The SMILES string of the molecule is CCN1CCC(N2CCN(c3ccc(Nc4ncnc(Nc5ccccc5S(=O)(=O)C(C)C)n4)c(OC)c3)CC2)CC1. The number of hydrogen-bond acceptors (Lipinski definition) is 11. The third-order valence-electron chi connectivity index (χ3n) is 8.26. The van der Waals surface area contributed by atoms with E-state index in [2.05, 4.69) is 53.3 Å². The fraction of sp³-hybridized carbons (Fsp3) is 0.500. The Morgan fingerprint density at radius 1 is 0.929 bits per heavy atom. The first kappa shape index (κ1) is 30.0. The number of nitrogens with zero attached hydrogens (tertiary/aromatic N) is 6. The molecule has 2 fully saturated rings. The molecule has 3 heterocycles. The summed E-state index contributed by atoms with van der Waals surface area (Å²) in [5.41, 5.74) is 2.26. The molecule has 2 aliphatic heterocycles. The van der Waals surface area contributed by atoms with Crippen LogP contribution in [0.1, 0.15) is 33.6 Å². The van der Waals surface area contributed by atoms with Gasteiger partial charge in [0, 0.05) is 44.0 Å². The lowest BCUT2D eigenvalue weighted by atomic mass is 10.0. The van der Waals surface area contributed by atoms with Crippen molar-refractivity contribution in [2.24, 2.45) is 0 Å². The van der Waals surface area contributed by atoms with Gasteiger partial charge in [-0.2, -0.15) is 4.98 Å². The van der Waals surface area contributed by atoms with Gasteiger partial charge in [-0.1, -0.05) is 19.1 Å². The van der Waals surface area contributed by atoms with Gasteiger partial charge in [0.2, 0.25) is 11.9 Å². The Labute approximate surface area is 249 Å². The molecular formula is C30H42N8O3S. The number of anilines is 5. The van der Waals surface area contributed by atoms with Crippen molar-refractivity contribution in [3.63, 3.8) is 0 Å². The van der Waals surface area contributed by atoms with E-state index in [9.17, 15) is 8.42 Å². The third kappa shape index (κ3) is 6.77. The number of para-hydroxylation sites is 1. The van der Waals surface area contributed by atoms with Crippen LogP contribution in [0.4, 0.5) is 29.0 Å². The molecule has 11 nitrogen and oxygen atoms in total. The molecule has 5 rings (SSSR count). The van der Waals surface area contributed by atoms with Crippen LogP contribution in [0.25, 0.3) is 0 Å². The summed E-state index contributed by atoms with van der Waals surface area (Å²) in [6.45, 7) is 13.2. The van der Waals surface area contributed by atoms with Gasteiger partial charge in [0.05, 0.1) is 28.6 Å². The molecule has 0 amide bonds. The lowest BCUT2D eigenvalue weighted by Crippen LogP contribution is -2.53. The molecule has 2 aliphatic rings. The lowest BCUT2D eigenvalue weighted by Gasteiger charge is -2.43. The highest BCUT2D eigenvalue weighted by Gasteiger charge is 2.27. The fourth-order valence-corrected chi connectivity index (χ4v) is 6.86. The van der Waals surface area contributed by atoms with Gasteiger partial charge in [0.15, 0.2) is 9.84 Å². The molecule has 3 aromatic rings. The number of benzene rings is 2. The van der Waals surface area contributed by atoms with E-state index in [0.717, 1.165) is 44.1 Å². The average molecular weight is 595 g/mol. The molecule has 2 saturated heterocycles. The topological polar surface area (TPSA) is 116 Å². The van der Waals surface area contributed by atoms with Crippen LogP contribution in [-0.4, -0.2) is 97.4 Å². The number of hydrogen-bond donors (Lipinski definition) is 2. The number of rotatable bonds is 10. The number of aromatic nitrogens is 3. The molecule has 12 heteroatoms. The van der Waals surface area contributed by atoms with Gasteiger partial charge in [0.25, 0.3) is 0 Å². The quantitative estimate of drug-likeness (QED) is 0.353. The van der Waals surface area contributed by atoms with E-state index in [0.29, 0.717) is 23.4 Å². The molecule has 226 valence electrons. The van der Waals surface area contributed by atoms with E-state index < -0.39 is 15.1 Å². The van der Waals surface area contributed by atoms with E-state index in [4.69, 9.17) is 4.74 Å². The molecular weight excluding hydrogens is 552 g/mol. The summed E-state index contributed by atoms with van der Waals surface area (Å²) in [6, 6.07) is 13.6. The van der Waals surface area contributed by atoms with Crippen molar-refractivity contribution in [2.45, 2.75) is 49.8 Å². The number of ether oxygens (including phenoxy) is 1. The predicted molar refractivity (Wildman–Crippen MR) is 167 cm³/mol. The largest absolute Gasteiger partial charge is 0.494 e. The maximum absolute atomic E-state index is 12.8. The minimum atomic E-state index is -3.50. The summed E-state index contributed by atoms with van der Waals surface area (Å²) in [5, 5.41) is 5.72. The minimum absolute atomic E-state index is 0.204. The van der Waals surface area contributed by atoms with Gasteiger partial charge in [0.1, 0.15) is 12.1 Å². The summed E-state index contributed by atoms with van der Waals surface area (Å²) in [6.07, 6.45) is 3.91. The molecule has 0 unspecified atom stereocenters. The second-order valence-electron chi connectivity index (χ2n) is 11.0. The van der Waals surface area contributed by atoms with Crippen LogP contribution in [0.2, 0.25) is 0 Å². The van der Waals surface area contributed by atoms with Gasteiger partial charge in [-0.3, -0.25) is 4.90 Å². The molecule has 0 bridgehead atoms. The fourth-order valence-electron chi connectivity index (χ4n) is 5.66. The van der Waals surface area contributed by atoms with Crippen molar-refractivity contribution in [1.29, 1.82) is 0 Å². The molecule has 0 aliphatic carbocycles. The Bertz CT molecular complexity index is 1450. The van der Waals surface area contributed by atoms with Gasteiger partial charge in [-0.25, -0.2) is 18.4 Å². The number of piperazine rings is 1. The predicted octanol–water partition coefficient (Wildman–Crippen LogP) is 4.16. The third-order valence-corrected chi connectivity index (χ3v) is 10.5. The summed E-state index contributed by atoms with van der Waals surface area (Å²) in [5.74, 6) is 1.23. The molecule has 42 heavy (non-hydrogen) atoms. The first-order chi connectivity index (χ1) is 20.3. The molecule has 0 spiro atoms. The Kier molecular flexibility index (Phi) is 9.44. The molecule has 0 radical (unpaired) electrons. The number of nitrogens with one attached hydrogen (secondary N) is 2.